The van der Waals surface area contributed by atoms with Crippen molar-refractivity contribution < 1.29 is 41.4 Å². The van der Waals surface area contributed by atoms with Gasteiger partial charge in [-0.15, -0.1) is 0 Å². The van der Waals surface area contributed by atoms with Crippen molar-refractivity contribution in [1.82, 2.24) is 24.6 Å². The van der Waals surface area contributed by atoms with Crippen molar-refractivity contribution >= 4 is 44.7 Å². The maximum absolute atomic E-state index is 15.4. The molecule has 15 heteroatoms. The van der Waals surface area contributed by atoms with E-state index >= 15 is 4.39 Å². The lowest BCUT2D eigenvalue weighted by atomic mass is 10.0. The minimum atomic E-state index is -5.08. The number of aryl methyl sites for hydroxylation is 1. The van der Waals surface area contributed by atoms with Crippen LogP contribution < -0.4 is 5.56 Å². The molecule has 0 saturated heterocycles. The number of nitrogens with zero attached hydrogens (tertiary/aromatic N) is 3. The fourth-order valence-electron chi connectivity index (χ4n) is 5.04. The minimum absolute atomic E-state index is 0.141. The van der Waals surface area contributed by atoms with Crippen LogP contribution in [0.25, 0.3) is 43.9 Å². The smallest absolute Gasteiger partial charge is 0.475 e. The summed E-state index contributed by atoms with van der Waals surface area (Å²) in [5.74, 6) is -3.87. The number of carbonyl (C=O) groups is 2. The normalized spacial score (nSPS) is 11.7. The van der Waals surface area contributed by atoms with E-state index in [0.717, 1.165) is 22.0 Å². The van der Waals surface area contributed by atoms with Crippen molar-refractivity contribution in [2.75, 3.05) is 27.2 Å². The van der Waals surface area contributed by atoms with Gasteiger partial charge in [0.25, 0.3) is 5.56 Å². The molecule has 0 bridgehead atoms. The minimum Gasteiger partial charge on any atom is -0.475 e. The summed E-state index contributed by atoms with van der Waals surface area (Å²) >= 11 is 0. The molecule has 4 aromatic heterocycles. The highest BCUT2D eigenvalue weighted by atomic mass is 19.4. The van der Waals surface area contributed by atoms with E-state index in [1.165, 1.54) is 24.6 Å². The third-order valence-corrected chi connectivity index (χ3v) is 7.24. The molecule has 6 rings (SSSR count). The van der Waals surface area contributed by atoms with Crippen LogP contribution in [0.3, 0.4) is 0 Å². The number of benzene rings is 2. The fourth-order valence-corrected chi connectivity index (χ4v) is 5.04. The Labute approximate surface area is 257 Å². The number of alkyl halides is 3. The van der Waals surface area contributed by atoms with Crippen molar-refractivity contribution in [2.24, 2.45) is 0 Å². The van der Waals surface area contributed by atoms with Gasteiger partial charge in [-0.25, -0.2) is 14.0 Å². The van der Waals surface area contributed by atoms with Crippen LogP contribution in [-0.4, -0.2) is 75.1 Å². The lowest BCUT2D eigenvalue weighted by molar-refractivity contribution is -0.192. The largest absolute Gasteiger partial charge is 0.490 e. The molecule has 2 aromatic carbocycles. The predicted molar refractivity (Wildman–Crippen MR) is 160 cm³/mol. The number of rotatable bonds is 7. The maximum Gasteiger partial charge on any atom is 0.490 e. The molecule has 0 saturated carbocycles. The number of nitrogens with one attached hydrogen (secondary N) is 2. The summed E-state index contributed by atoms with van der Waals surface area (Å²) in [6.45, 7) is 2.84. The molecule has 11 nitrogen and oxygen atoms in total. The van der Waals surface area contributed by atoms with E-state index in [1.807, 2.05) is 38.1 Å². The highest BCUT2D eigenvalue weighted by molar-refractivity contribution is 6.17. The zero-order chi connectivity index (χ0) is 33.3. The molecule has 46 heavy (non-hydrogen) atoms. The van der Waals surface area contributed by atoms with Crippen molar-refractivity contribution in [1.29, 1.82) is 0 Å². The maximum atomic E-state index is 15.4. The van der Waals surface area contributed by atoms with Gasteiger partial charge in [0.1, 0.15) is 23.7 Å². The first-order valence-electron chi connectivity index (χ1n) is 13.7. The summed E-state index contributed by atoms with van der Waals surface area (Å²) in [5, 5.41) is 15.8. The SMILES string of the molecule is Cc1cc2[nH]ncc2cc1Cn1c(C(=O)OCCN(C)C)c(-c2ccc[nH]c2=O)c2c3occc3c(F)cc21.O=C(O)C(F)(F)F. The van der Waals surface area contributed by atoms with Gasteiger partial charge in [-0.1, -0.05) is 0 Å². The van der Waals surface area contributed by atoms with Crippen LogP contribution in [0.1, 0.15) is 21.6 Å². The molecule has 0 aliphatic rings. The van der Waals surface area contributed by atoms with Crippen LogP contribution in [-0.2, 0) is 16.1 Å². The van der Waals surface area contributed by atoms with Crippen LogP contribution in [0.2, 0.25) is 0 Å². The van der Waals surface area contributed by atoms with Crippen molar-refractivity contribution in [3.05, 3.63) is 88.0 Å². The number of hydrogen-bond donors (Lipinski definition) is 3. The van der Waals surface area contributed by atoms with E-state index in [-0.39, 0.29) is 40.9 Å². The molecule has 0 unspecified atom stereocenters. The number of carboxylic acid groups (broad SMARTS) is 1. The van der Waals surface area contributed by atoms with Gasteiger partial charge in [0, 0.05) is 30.2 Å². The number of H-pyrrole nitrogens is 2. The van der Waals surface area contributed by atoms with Gasteiger partial charge in [-0.3, -0.25) is 9.89 Å². The van der Waals surface area contributed by atoms with E-state index in [0.29, 0.717) is 23.0 Å². The molecule has 240 valence electrons. The molecule has 0 aliphatic carbocycles. The topological polar surface area (TPSA) is 146 Å². The average molecular weight is 642 g/mol. The van der Waals surface area contributed by atoms with Gasteiger partial charge in [-0.2, -0.15) is 18.3 Å². The molecule has 4 heterocycles. The number of fused-ring (bicyclic) bond motifs is 4. The Bertz CT molecular complexity index is 2140. The lowest BCUT2D eigenvalue weighted by Crippen LogP contribution is -2.22. The molecule has 0 spiro atoms. The van der Waals surface area contributed by atoms with Crippen molar-refractivity contribution in [2.45, 2.75) is 19.6 Å². The quantitative estimate of drug-likeness (QED) is 0.154. The van der Waals surface area contributed by atoms with E-state index in [1.54, 1.807) is 22.9 Å². The number of carboxylic acids is 1. The van der Waals surface area contributed by atoms with Gasteiger partial charge in [0.05, 0.1) is 39.8 Å². The Morgan fingerprint density at radius 2 is 1.91 bits per heavy atom. The summed E-state index contributed by atoms with van der Waals surface area (Å²) in [4.78, 5) is 40.4. The monoisotopic (exact) mass is 641 g/mol. The molecular formula is C31H27F4N5O6. The third-order valence-electron chi connectivity index (χ3n) is 7.24. The van der Waals surface area contributed by atoms with Gasteiger partial charge in [0.15, 0.2) is 0 Å². The Balaban J connectivity index is 0.000000537. The standard InChI is InChI=1S/C29H26FN5O4.C2HF3O2/c1-16-11-22-17(14-32-33-22)12-18(16)15-35-23-13-21(30)19-6-9-38-27(19)25(23)24(20-5-4-7-31-28(20)36)26(35)29(37)39-10-8-34(2)3;3-2(4,5)1(6)7/h4-7,9,11-14H,8,10,15H2,1-3H3,(H,31,36)(H,32,33);(H,6,7). The second-order valence-electron chi connectivity index (χ2n) is 10.6. The zero-order valence-corrected chi connectivity index (χ0v) is 24.7. The van der Waals surface area contributed by atoms with Crippen LogP contribution >= 0.6 is 0 Å². The number of likely N-dealkylation sites (N-methyl/N-ethyl adjacent to an activating group) is 1. The number of halogens is 4. The van der Waals surface area contributed by atoms with Crippen molar-refractivity contribution in [3.8, 4) is 11.1 Å². The number of aromatic amines is 2. The van der Waals surface area contributed by atoms with E-state index in [2.05, 4.69) is 15.2 Å². The molecule has 0 fully saturated rings. The van der Waals surface area contributed by atoms with Gasteiger partial charge < -0.3 is 28.7 Å². The highest BCUT2D eigenvalue weighted by Gasteiger charge is 2.38. The second kappa shape index (κ2) is 12.5. The highest BCUT2D eigenvalue weighted by Crippen LogP contribution is 2.40. The summed E-state index contributed by atoms with van der Waals surface area (Å²) in [6.07, 6.45) is -0.440. The number of furan rings is 1. The van der Waals surface area contributed by atoms with Crippen LogP contribution in [0.15, 0.2) is 64.3 Å². The first-order valence-corrected chi connectivity index (χ1v) is 13.7. The Morgan fingerprint density at radius 1 is 1.17 bits per heavy atom. The molecule has 0 radical (unpaired) electrons. The number of pyridine rings is 1. The van der Waals surface area contributed by atoms with Crippen LogP contribution in [0, 0.1) is 12.7 Å². The molecule has 0 aliphatic heterocycles. The predicted octanol–water partition coefficient (Wildman–Crippen LogP) is 5.47. The number of aromatic nitrogens is 4. The summed E-state index contributed by atoms with van der Waals surface area (Å²) in [6, 6.07) is 10.2. The molecule has 0 amide bonds. The first kappa shape index (κ1) is 32.0. The number of esters is 1. The van der Waals surface area contributed by atoms with Crippen molar-refractivity contribution in [3.63, 3.8) is 0 Å². The number of carbonyl (C=O) groups excluding carboxylic acids is 1. The Hall–Kier alpha value is -5.44. The zero-order valence-electron chi connectivity index (χ0n) is 24.7. The van der Waals surface area contributed by atoms with Gasteiger partial charge in [-0.05, 0) is 68.5 Å². The van der Waals surface area contributed by atoms with Gasteiger partial charge in [0.2, 0.25) is 0 Å². The Morgan fingerprint density at radius 3 is 2.59 bits per heavy atom. The van der Waals surface area contributed by atoms with E-state index in [4.69, 9.17) is 19.1 Å². The number of ether oxygens (including phenoxy) is 1. The fraction of sp³-hybridized carbons (Fsp3) is 0.226. The summed E-state index contributed by atoms with van der Waals surface area (Å²) in [7, 11) is 3.76. The van der Waals surface area contributed by atoms with Crippen LogP contribution in [0.5, 0.6) is 0 Å². The summed E-state index contributed by atoms with van der Waals surface area (Å²) in [5.41, 5.74) is 3.77. The van der Waals surface area contributed by atoms with E-state index in [9.17, 15) is 22.8 Å². The summed E-state index contributed by atoms with van der Waals surface area (Å²) < 4.78 is 60.3. The van der Waals surface area contributed by atoms with E-state index < -0.39 is 23.9 Å². The third kappa shape index (κ3) is 6.21. The second-order valence-corrected chi connectivity index (χ2v) is 10.6. The molecular weight excluding hydrogens is 614 g/mol. The molecule has 0 atom stereocenters. The lowest BCUT2D eigenvalue weighted by Gasteiger charge is -2.15. The first-order chi connectivity index (χ1) is 21.8. The number of aliphatic carboxylic acids is 1. The van der Waals surface area contributed by atoms with Gasteiger partial charge >= 0.3 is 18.1 Å². The average Bonchev–Trinajstić information content (AvgIpc) is 3.71. The molecule has 3 N–H and O–H groups in total. The Kier molecular flexibility index (Phi) is 8.70. The van der Waals surface area contributed by atoms with Crippen LogP contribution in [0.4, 0.5) is 17.6 Å². The molecule has 6 aromatic rings. The number of hydrogen-bond acceptors (Lipinski definition) is 7.